The van der Waals surface area contributed by atoms with E-state index in [1.54, 1.807) is 13.8 Å². The molecular weight excluding hydrogens is 520 g/mol. The molecule has 0 radical (unpaired) electrons. The summed E-state index contributed by atoms with van der Waals surface area (Å²) in [5.41, 5.74) is -1.12. The van der Waals surface area contributed by atoms with Gasteiger partial charge in [0.05, 0.1) is 28.0 Å². The van der Waals surface area contributed by atoms with Gasteiger partial charge >= 0.3 is 18.6 Å². The molecule has 1 saturated heterocycles. The van der Waals surface area contributed by atoms with Gasteiger partial charge in [0, 0.05) is 43.4 Å². The molecular formula is C21H23F6N3O5S. The fourth-order valence-corrected chi connectivity index (χ4v) is 5.08. The van der Waals surface area contributed by atoms with Crippen molar-refractivity contribution < 1.29 is 50.1 Å². The van der Waals surface area contributed by atoms with Crippen LogP contribution >= 0.6 is 11.3 Å². The highest BCUT2D eigenvalue weighted by atomic mass is 32.1. The molecule has 2 aromatic heterocycles. The molecule has 15 heteroatoms. The molecule has 0 spiro atoms. The van der Waals surface area contributed by atoms with E-state index >= 15 is 0 Å². The molecule has 0 bridgehead atoms. The number of carbonyl (C=O) groups excluding carboxylic acids is 2. The molecule has 3 rings (SSSR count). The summed E-state index contributed by atoms with van der Waals surface area (Å²) in [7, 11) is 1.35. The van der Waals surface area contributed by atoms with Crippen molar-refractivity contribution in [2.45, 2.75) is 57.4 Å². The van der Waals surface area contributed by atoms with Gasteiger partial charge in [-0.2, -0.15) is 13.2 Å². The number of alkyl halides is 6. The Balaban J connectivity index is 1.74. The van der Waals surface area contributed by atoms with Gasteiger partial charge < -0.3 is 19.7 Å². The van der Waals surface area contributed by atoms with Gasteiger partial charge in [-0.25, -0.2) is 9.78 Å². The van der Waals surface area contributed by atoms with E-state index in [4.69, 9.17) is 9.47 Å². The van der Waals surface area contributed by atoms with E-state index in [9.17, 15) is 35.9 Å². The number of amides is 2. The van der Waals surface area contributed by atoms with Crippen LogP contribution in [-0.2, 0) is 15.7 Å². The van der Waals surface area contributed by atoms with Crippen molar-refractivity contribution in [3.8, 4) is 5.88 Å². The third-order valence-corrected chi connectivity index (χ3v) is 6.51. The smallest absolute Gasteiger partial charge is 0.474 e. The number of ether oxygens (including phenoxy) is 3. The summed E-state index contributed by atoms with van der Waals surface area (Å²) in [4.78, 5) is 30.0. The Bertz CT molecular complexity index is 1090. The van der Waals surface area contributed by atoms with Crippen LogP contribution in [0.4, 0.5) is 31.1 Å². The van der Waals surface area contributed by atoms with Crippen LogP contribution in [0.1, 0.15) is 42.6 Å². The van der Waals surface area contributed by atoms with Crippen LogP contribution in [0.3, 0.4) is 0 Å². The number of pyridine rings is 1. The maximum atomic E-state index is 13.7. The molecule has 0 saturated carbocycles. The predicted octanol–water partition coefficient (Wildman–Crippen LogP) is 4.97. The highest BCUT2D eigenvalue weighted by Crippen LogP contribution is 2.40. The summed E-state index contributed by atoms with van der Waals surface area (Å²) < 4.78 is 91.3. The Hall–Kier alpha value is -2.81. The predicted molar refractivity (Wildman–Crippen MR) is 116 cm³/mol. The fourth-order valence-electron chi connectivity index (χ4n) is 4.06. The SMILES string of the molecule is CNC(=O)c1csc2c(C(F)(F)F)cc(OC3C[C@H](C)N(C(=O)OCCOC(F)(F)F)[C@@H](C)C3)nc12. The molecule has 2 aromatic rings. The van der Waals surface area contributed by atoms with Crippen LogP contribution in [-0.4, -0.2) is 66.7 Å². The minimum atomic E-state index is -4.84. The van der Waals surface area contributed by atoms with E-state index in [0.29, 0.717) is 0 Å². The monoisotopic (exact) mass is 543 g/mol. The van der Waals surface area contributed by atoms with Crippen LogP contribution in [0.25, 0.3) is 10.2 Å². The number of thiophene rings is 1. The van der Waals surface area contributed by atoms with Crippen LogP contribution in [0.5, 0.6) is 5.88 Å². The number of piperidine rings is 1. The standard InChI is InChI=1S/C21H23F6N3O5S/c1-10-6-12(7-11(2)30(10)19(32)33-4-5-34-21(25,26)27)35-15-8-14(20(22,23)24)17-16(29-15)13(9-36-17)18(31)28-3/h8-12H,4-7H2,1-3H3,(H,28,31)/t10-,11-/m0/s1. The number of hydrogen-bond acceptors (Lipinski definition) is 7. The van der Waals surface area contributed by atoms with Crippen molar-refractivity contribution in [3.05, 3.63) is 22.6 Å². The molecule has 200 valence electrons. The van der Waals surface area contributed by atoms with Gasteiger partial charge in [0.25, 0.3) is 5.91 Å². The van der Waals surface area contributed by atoms with Gasteiger partial charge in [0.15, 0.2) is 0 Å². The van der Waals surface area contributed by atoms with Crippen molar-refractivity contribution in [1.29, 1.82) is 0 Å². The number of likely N-dealkylation sites (tertiary alicyclic amines) is 1. The van der Waals surface area contributed by atoms with Gasteiger partial charge in [-0.3, -0.25) is 9.53 Å². The molecule has 3 heterocycles. The van der Waals surface area contributed by atoms with Crippen LogP contribution < -0.4 is 10.1 Å². The average Bonchev–Trinajstić information content (AvgIpc) is 3.17. The molecule has 1 aliphatic rings. The van der Waals surface area contributed by atoms with Crippen molar-refractivity contribution >= 4 is 33.6 Å². The largest absolute Gasteiger partial charge is 0.522 e. The number of hydrogen-bond donors (Lipinski definition) is 1. The summed E-state index contributed by atoms with van der Waals surface area (Å²) in [6, 6.07) is -0.213. The number of nitrogens with one attached hydrogen (secondary N) is 1. The molecule has 8 nitrogen and oxygen atoms in total. The molecule has 36 heavy (non-hydrogen) atoms. The van der Waals surface area contributed by atoms with Crippen LogP contribution in [0.2, 0.25) is 0 Å². The third-order valence-electron chi connectivity index (χ3n) is 5.51. The summed E-state index contributed by atoms with van der Waals surface area (Å²) in [6.45, 7) is 1.85. The minimum Gasteiger partial charge on any atom is -0.474 e. The number of nitrogens with zero attached hydrogens (tertiary/aromatic N) is 2. The van der Waals surface area contributed by atoms with E-state index in [1.807, 2.05) is 0 Å². The summed E-state index contributed by atoms with van der Waals surface area (Å²) in [6.07, 6.45) is -10.6. The lowest BCUT2D eigenvalue weighted by atomic mass is 9.95. The number of aromatic nitrogens is 1. The zero-order valence-electron chi connectivity index (χ0n) is 19.3. The first-order valence-corrected chi connectivity index (χ1v) is 11.6. The second kappa shape index (κ2) is 10.7. The molecule has 1 aliphatic heterocycles. The Labute approximate surface area is 205 Å². The first-order valence-electron chi connectivity index (χ1n) is 10.7. The topological polar surface area (TPSA) is 90.0 Å². The minimum absolute atomic E-state index is 0.0118. The second-order valence-electron chi connectivity index (χ2n) is 8.14. The Kier molecular flexibility index (Phi) is 8.23. The van der Waals surface area contributed by atoms with Gasteiger partial charge in [-0.15, -0.1) is 24.5 Å². The van der Waals surface area contributed by atoms with E-state index in [1.165, 1.54) is 17.3 Å². The molecule has 0 aromatic carbocycles. The lowest BCUT2D eigenvalue weighted by Gasteiger charge is -2.41. The number of halogens is 6. The Morgan fingerprint density at radius 1 is 1.14 bits per heavy atom. The zero-order valence-corrected chi connectivity index (χ0v) is 20.1. The van der Waals surface area contributed by atoms with Crippen molar-refractivity contribution in [2.75, 3.05) is 20.3 Å². The molecule has 2 atom stereocenters. The van der Waals surface area contributed by atoms with Crippen LogP contribution in [0.15, 0.2) is 11.4 Å². The summed E-state index contributed by atoms with van der Waals surface area (Å²) in [5.74, 6) is -0.906. The second-order valence-corrected chi connectivity index (χ2v) is 9.02. The number of fused-ring (bicyclic) bond motifs is 1. The average molecular weight is 543 g/mol. The first-order chi connectivity index (χ1) is 16.7. The third kappa shape index (κ3) is 6.49. The first kappa shape index (κ1) is 27.8. The summed E-state index contributed by atoms with van der Waals surface area (Å²) >= 11 is 0.751. The molecule has 1 N–H and O–H groups in total. The zero-order chi connectivity index (χ0) is 26.8. The molecule has 0 aliphatic carbocycles. The van der Waals surface area contributed by atoms with E-state index in [-0.39, 0.29) is 34.5 Å². The summed E-state index contributed by atoms with van der Waals surface area (Å²) in [5, 5.41) is 3.66. The van der Waals surface area contributed by atoms with Gasteiger partial charge in [0.2, 0.25) is 5.88 Å². The van der Waals surface area contributed by atoms with E-state index in [0.717, 1.165) is 17.4 Å². The maximum Gasteiger partial charge on any atom is 0.522 e. The maximum absolute atomic E-state index is 13.7. The van der Waals surface area contributed by atoms with Gasteiger partial charge in [0.1, 0.15) is 12.7 Å². The molecule has 1 fully saturated rings. The van der Waals surface area contributed by atoms with E-state index in [2.05, 4.69) is 15.0 Å². The van der Waals surface area contributed by atoms with E-state index < -0.39 is 61.5 Å². The highest BCUT2D eigenvalue weighted by molar-refractivity contribution is 7.17. The Morgan fingerprint density at radius 2 is 1.78 bits per heavy atom. The van der Waals surface area contributed by atoms with Gasteiger partial charge in [-0.05, 0) is 13.8 Å². The van der Waals surface area contributed by atoms with Crippen LogP contribution in [0, 0.1) is 0 Å². The Morgan fingerprint density at radius 3 is 2.33 bits per heavy atom. The fraction of sp³-hybridized carbons (Fsp3) is 0.571. The van der Waals surface area contributed by atoms with Crippen molar-refractivity contribution in [1.82, 2.24) is 15.2 Å². The molecule has 2 amide bonds. The quantitative estimate of drug-likeness (QED) is 0.409. The lowest BCUT2D eigenvalue weighted by Crippen LogP contribution is -2.52. The number of rotatable bonds is 6. The normalized spacial score (nSPS) is 20.9. The molecule has 0 unspecified atom stereocenters. The van der Waals surface area contributed by atoms with Gasteiger partial charge in [-0.1, -0.05) is 0 Å². The van der Waals surface area contributed by atoms with Crippen molar-refractivity contribution in [3.63, 3.8) is 0 Å². The highest BCUT2D eigenvalue weighted by Gasteiger charge is 2.38. The van der Waals surface area contributed by atoms with Crippen molar-refractivity contribution in [2.24, 2.45) is 0 Å². The lowest BCUT2D eigenvalue weighted by molar-refractivity contribution is -0.326. The number of carbonyl (C=O) groups is 2.